The van der Waals surface area contributed by atoms with Gasteiger partial charge in [-0.05, 0) is 53.6 Å². The van der Waals surface area contributed by atoms with E-state index in [0.29, 0.717) is 24.2 Å². The smallest absolute Gasteiger partial charge is 0.338 e. The molecular weight excluding hydrogens is 335 g/mol. The first-order valence-corrected chi connectivity index (χ1v) is 6.29. The van der Waals surface area contributed by atoms with Gasteiger partial charge in [0.15, 0.2) is 0 Å². The van der Waals surface area contributed by atoms with Crippen molar-refractivity contribution in [2.24, 2.45) is 0 Å². The summed E-state index contributed by atoms with van der Waals surface area (Å²) in [7, 11) is 0. The number of halogens is 1. The van der Waals surface area contributed by atoms with Crippen LogP contribution in [0.2, 0.25) is 0 Å². The van der Waals surface area contributed by atoms with E-state index in [2.05, 4.69) is 22.6 Å². The Morgan fingerprint density at radius 3 is 2.71 bits per heavy atom. The largest absolute Gasteiger partial charge is 0.481 e. The van der Waals surface area contributed by atoms with E-state index in [1.807, 2.05) is 6.07 Å². The monoisotopic (exact) mass is 348 g/mol. The van der Waals surface area contributed by atoms with E-state index in [-0.39, 0.29) is 6.42 Å². The van der Waals surface area contributed by atoms with E-state index >= 15 is 0 Å². The number of aryl methyl sites for hydroxylation is 1. The van der Waals surface area contributed by atoms with Crippen LogP contribution in [-0.4, -0.2) is 23.7 Å². The molecule has 4 nitrogen and oxygen atoms in total. The van der Waals surface area contributed by atoms with Gasteiger partial charge in [-0.2, -0.15) is 0 Å². The molecule has 0 atom stereocenters. The predicted octanol–water partition coefficient (Wildman–Crippen LogP) is 2.49. The lowest BCUT2D eigenvalue weighted by Crippen LogP contribution is -2.09. The van der Waals surface area contributed by atoms with Crippen LogP contribution in [0.5, 0.6) is 0 Å². The van der Waals surface area contributed by atoms with Crippen LogP contribution in [0.25, 0.3) is 0 Å². The lowest BCUT2D eigenvalue weighted by Gasteiger charge is -2.08. The average Bonchev–Trinajstić information content (AvgIpc) is 2.27. The second-order valence-electron chi connectivity index (χ2n) is 3.42. The molecule has 17 heavy (non-hydrogen) atoms. The molecule has 1 rings (SSSR count). The van der Waals surface area contributed by atoms with Crippen LogP contribution in [0, 0.1) is 3.57 Å². The zero-order valence-corrected chi connectivity index (χ0v) is 11.6. The van der Waals surface area contributed by atoms with Crippen molar-refractivity contribution in [2.75, 3.05) is 6.61 Å². The maximum atomic E-state index is 11.7. The SMILES string of the molecule is CCOC(=O)c1cc(I)ccc1CCC(=O)O. The number of esters is 1. The van der Waals surface area contributed by atoms with E-state index in [9.17, 15) is 9.59 Å². The summed E-state index contributed by atoms with van der Waals surface area (Å²) in [6.45, 7) is 2.05. The van der Waals surface area contributed by atoms with Crippen LogP contribution in [-0.2, 0) is 16.0 Å². The summed E-state index contributed by atoms with van der Waals surface area (Å²) < 4.78 is 5.86. The summed E-state index contributed by atoms with van der Waals surface area (Å²) in [5.41, 5.74) is 1.17. The van der Waals surface area contributed by atoms with Gasteiger partial charge in [0.05, 0.1) is 12.2 Å². The van der Waals surface area contributed by atoms with Crippen molar-refractivity contribution in [1.82, 2.24) is 0 Å². The third-order valence-electron chi connectivity index (χ3n) is 2.18. The zero-order valence-electron chi connectivity index (χ0n) is 9.40. The van der Waals surface area contributed by atoms with Crippen molar-refractivity contribution in [2.45, 2.75) is 19.8 Å². The molecule has 1 N–H and O–H groups in total. The van der Waals surface area contributed by atoms with E-state index < -0.39 is 11.9 Å². The second-order valence-corrected chi connectivity index (χ2v) is 4.66. The second kappa shape index (κ2) is 6.58. The minimum Gasteiger partial charge on any atom is -0.481 e. The van der Waals surface area contributed by atoms with Crippen LogP contribution in [0.4, 0.5) is 0 Å². The number of carbonyl (C=O) groups excluding carboxylic acids is 1. The Hall–Kier alpha value is -1.11. The number of hydrogen-bond acceptors (Lipinski definition) is 3. The zero-order chi connectivity index (χ0) is 12.8. The molecule has 0 heterocycles. The summed E-state index contributed by atoms with van der Waals surface area (Å²) in [6.07, 6.45) is 0.341. The fourth-order valence-electron chi connectivity index (χ4n) is 1.41. The molecule has 0 amide bonds. The lowest BCUT2D eigenvalue weighted by molar-refractivity contribution is -0.136. The molecule has 0 fully saturated rings. The van der Waals surface area contributed by atoms with Crippen molar-refractivity contribution >= 4 is 34.5 Å². The maximum absolute atomic E-state index is 11.7. The third kappa shape index (κ3) is 4.33. The van der Waals surface area contributed by atoms with Crippen molar-refractivity contribution in [3.63, 3.8) is 0 Å². The standard InChI is InChI=1S/C12H13IO4/c1-2-17-12(16)10-7-9(13)5-3-8(10)4-6-11(14)15/h3,5,7H,2,4,6H2,1H3,(H,14,15). The Morgan fingerprint density at radius 2 is 2.12 bits per heavy atom. The minimum absolute atomic E-state index is 0.00694. The molecule has 0 aliphatic carbocycles. The van der Waals surface area contributed by atoms with E-state index in [4.69, 9.17) is 9.84 Å². The van der Waals surface area contributed by atoms with Crippen molar-refractivity contribution in [3.05, 3.63) is 32.9 Å². The van der Waals surface area contributed by atoms with Gasteiger partial charge in [0.25, 0.3) is 0 Å². The van der Waals surface area contributed by atoms with Crippen LogP contribution in [0.3, 0.4) is 0 Å². The molecule has 1 aromatic rings. The quantitative estimate of drug-likeness (QED) is 0.656. The highest BCUT2D eigenvalue weighted by Crippen LogP contribution is 2.17. The Morgan fingerprint density at radius 1 is 1.41 bits per heavy atom. The highest BCUT2D eigenvalue weighted by atomic mass is 127. The number of aliphatic carboxylic acids is 1. The highest BCUT2D eigenvalue weighted by molar-refractivity contribution is 14.1. The van der Waals surface area contributed by atoms with Crippen LogP contribution in [0.1, 0.15) is 29.3 Å². The number of benzene rings is 1. The number of carbonyl (C=O) groups is 2. The summed E-state index contributed by atoms with van der Waals surface area (Å²) in [6, 6.07) is 5.34. The number of carboxylic acid groups (broad SMARTS) is 1. The lowest BCUT2D eigenvalue weighted by atomic mass is 10.0. The third-order valence-corrected chi connectivity index (χ3v) is 2.85. The molecule has 0 bridgehead atoms. The normalized spacial score (nSPS) is 10.0. The van der Waals surface area contributed by atoms with Gasteiger partial charge in [-0.15, -0.1) is 0 Å². The van der Waals surface area contributed by atoms with Crippen LogP contribution < -0.4 is 0 Å². The van der Waals surface area contributed by atoms with Gasteiger partial charge >= 0.3 is 11.9 Å². The van der Waals surface area contributed by atoms with Gasteiger partial charge in [-0.25, -0.2) is 4.79 Å². The minimum atomic E-state index is -0.877. The molecule has 0 aliphatic heterocycles. The highest BCUT2D eigenvalue weighted by Gasteiger charge is 2.13. The molecule has 0 radical (unpaired) electrons. The van der Waals surface area contributed by atoms with E-state index in [0.717, 1.165) is 3.57 Å². The summed E-state index contributed by atoms with van der Waals surface area (Å²) in [5.74, 6) is -1.27. The summed E-state index contributed by atoms with van der Waals surface area (Å²) >= 11 is 2.10. The molecule has 0 spiro atoms. The molecule has 0 aromatic heterocycles. The van der Waals surface area contributed by atoms with Gasteiger partial charge in [-0.1, -0.05) is 6.07 Å². The van der Waals surface area contributed by atoms with Crippen molar-refractivity contribution < 1.29 is 19.4 Å². The van der Waals surface area contributed by atoms with Gasteiger partial charge in [0.2, 0.25) is 0 Å². The first kappa shape index (κ1) is 14.0. The Balaban J connectivity index is 2.95. The van der Waals surface area contributed by atoms with Gasteiger partial charge in [-0.3, -0.25) is 4.79 Å². The molecule has 5 heteroatoms. The average molecular weight is 348 g/mol. The first-order chi connectivity index (χ1) is 8.04. The van der Waals surface area contributed by atoms with Crippen LogP contribution >= 0.6 is 22.6 Å². The van der Waals surface area contributed by atoms with Crippen LogP contribution in [0.15, 0.2) is 18.2 Å². The molecule has 0 unspecified atom stereocenters. The topological polar surface area (TPSA) is 63.6 Å². The molecule has 0 aliphatic rings. The fraction of sp³-hybridized carbons (Fsp3) is 0.333. The molecule has 0 saturated carbocycles. The van der Waals surface area contributed by atoms with E-state index in [1.54, 1.807) is 19.1 Å². The number of rotatable bonds is 5. The Labute approximate surface area is 113 Å². The first-order valence-electron chi connectivity index (χ1n) is 5.22. The number of carboxylic acids is 1. The molecule has 92 valence electrons. The van der Waals surface area contributed by atoms with Crippen molar-refractivity contribution in [3.8, 4) is 0 Å². The fourth-order valence-corrected chi connectivity index (χ4v) is 1.90. The molecular formula is C12H13IO4. The molecule has 1 aromatic carbocycles. The summed E-state index contributed by atoms with van der Waals surface area (Å²) in [4.78, 5) is 22.2. The van der Waals surface area contributed by atoms with E-state index in [1.165, 1.54) is 0 Å². The van der Waals surface area contributed by atoms with Gasteiger partial charge < -0.3 is 9.84 Å². The molecule has 0 saturated heterocycles. The Kier molecular flexibility index (Phi) is 5.40. The van der Waals surface area contributed by atoms with Gasteiger partial charge in [0.1, 0.15) is 0 Å². The van der Waals surface area contributed by atoms with Crippen molar-refractivity contribution in [1.29, 1.82) is 0 Å². The maximum Gasteiger partial charge on any atom is 0.338 e. The number of hydrogen-bond donors (Lipinski definition) is 1. The predicted molar refractivity (Wildman–Crippen MR) is 71.1 cm³/mol. The Bertz CT molecular complexity index is 429. The van der Waals surface area contributed by atoms with Gasteiger partial charge in [0, 0.05) is 9.99 Å². The summed E-state index contributed by atoms with van der Waals surface area (Å²) in [5, 5.41) is 8.64. The number of ether oxygens (including phenoxy) is 1.